The number of aromatic carboxylic acids is 1. The normalized spacial score (nSPS) is 12.0. The van der Waals surface area contributed by atoms with Crippen molar-refractivity contribution in [3.8, 4) is 0 Å². The number of pyridine rings is 3. The minimum Gasteiger partial charge on any atom is -0.478 e. The van der Waals surface area contributed by atoms with Gasteiger partial charge in [0.2, 0.25) is 0 Å². The number of esters is 2. The van der Waals surface area contributed by atoms with E-state index < -0.39 is 86.3 Å². The summed E-state index contributed by atoms with van der Waals surface area (Å²) in [5.41, 5.74) is 0.206. The molecule has 0 amide bonds. The van der Waals surface area contributed by atoms with E-state index in [1.165, 1.54) is 63.0 Å². The molecule has 6 heterocycles. The third kappa shape index (κ3) is 15.1. The first-order chi connectivity index (χ1) is 39.0. The topological polar surface area (TPSA) is 250 Å². The average Bonchev–Trinajstić information content (AvgIpc) is 4.14. The molecule has 9 aromatic rings. The molecule has 0 fully saturated rings. The lowest BCUT2D eigenvalue weighted by Crippen LogP contribution is -2.34. The van der Waals surface area contributed by atoms with E-state index in [2.05, 4.69) is 29.1 Å². The first-order valence-corrected chi connectivity index (χ1v) is 30.9. The molecule has 0 atom stereocenters. The van der Waals surface area contributed by atoms with Gasteiger partial charge >= 0.3 is 30.3 Å². The monoisotopic (exact) mass is 1320 g/mol. The van der Waals surface area contributed by atoms with Crippen LogP contribution >= 0.6 is 68.8 Å². The number of hydrogen-bond donors (Lipinski definition) is 2. The van der Waals surface area contributed by atoms with Gasteiger partial charge in [-0.05, 0) is 109 Å². The fourth-order valence-corrected chi connectivity index (χ4v) is 16.3. The highest BCUT2D eigenvalue weighted by atomic mass is 35.5. The second-order valence-electron chi connectivity index (χ2n) is 16.6. The number of hydrogen-bond acceptors (Lipinski definition) is 17. The van der Waals surface area contributed by atoms with Crippen molar-refractivity contribution in [2.75, 3.05) is 40.6 Å². The first-order valence-electron chi connectivity index (χ1n) is 23.0. The number of thiophene rings is 3. The Bertz CT molecular complexity index is 4210. The van der Waals surface area contributed by atoms with Crippen molar-refractivity contribution >= 4 is 162 Å². The Balaban J connectivity index is 0.000000180. The zero-order chi connectivity index (χ0) is 60.8. The summed E-state index contributed by atoms with van der Waals surface area (Å²) in [6.45, 7) is -1.75. The zero-order valence-electron chi connectivity index (χ0n) is 42.0. The predicted molar refractivity (Wildman–Crippen MR) is 304 cm³/mol. The summed E-state index contributed by atoms with van der Waals surface area (Å²) in [4.78, 5) is 47.0. The second kappa shape index (κ2) is 25.9. The first kappa shape index (κ1) is 63.7. The van der Waals surface area contributed by atoms with E-state index in [1.807, 2.05) is 0 Å². The van der Waals surface area contributed by atoms with Gasteiger partial charge in [0.1, 0.15) is 29.5 Å². The van der Waals surface area contributed by atoms with Gasteiger partial charge in [-0.3, -0.25) is 13.3 Å². The Labute approximate surface area is 494 Å². The number of carbonyl (C=O) groups excluding carboxylic acids is 2. The van der Waals surface area contributed by atoms with E-state index in [4.69, 9.17) is 39.9 Å². The number of rotatable bonds is 16. The highest BCUT2D eigenvalue weighted by molar-refractivity contribution is 7.93. The lowest BCUT2D eigenvalue weighted by atomic mass is 10.2. The van der Waals surface area contributed by atoms with Crippen LogP contribution in [-0.2, 0) is 39.5 Å². The number of halogens is 9. The fourth-order valence-electron chi connectivity index (χ4n) is 7.16. The predicted octanol–water partition coefficient (Wildman–Crippen LogP) is 13.2. The van der Waals surface area contributed by atoms with E-state index in [0.717, 1.165) is 70.4 Å². The number of nitrogens with zero attached hydrogens (tertiary/aromatic N) is 5. The number of methoxy groups -OCH3 is 2. The number of carbonyl (C=O) groups is 3. The summed E-state index contributed by atoms with van der Waals surface area (Å²) in [6.07, 6.45) is -7.40. The van der Waals surface area contributed by atoms with Crippen LogP contribution in [0.25, 0.3) is 30.6 Å². The highest BCUT2D eigenvalue weighted by Gasteiger charge is 2.37. The van der Waals surface area contributed by atoms with E-state index >= 15 is 0 Å². The molecule has 0 radical (unpaired) electrons. The SMILES string of the molecule is COC(=O)c1ccc(S(=O)(=O)N(CCC(F)(F)F)c2sc3ncccc3c2Cl)cc1.COC(=O)c1ccc(S(=O)(=O)Nc2sc3ncccc3c2Cl)cc1.O=C(O)c1ccc(S(=O)(=O)N(CCC(F)(F)F)c2sc3ncccc3c2Cl)cc1. The number of fused-ring (bicyclic) bond motifs is 3. The maximum Gasteiger partial charge on any atom is 0.390 e. The number of benzene rings is 3. The molecule has 0 unspecified atom stereocenters. The fraction of sp³-hybridized carbons (Fsp3) is 0.160. The average molecular weight is 1330 g/mol. The molecular formula is C50H37Cl3F6N6O12S6. The van der Waals surface area contributed by atoms with Crippen LogP contribution in [0.2, 0.25) is 15.1 Å². The number of alkyl halides is 6. The van der Waals surface area contributed by atoms with Gasteiger partial charge in [0.05, 0.1) is 73.5 Å². The summed E-state index contributed by atoms with van der Waals surface area (Å²) < 4.78 is 168. The molecule has 6 aromatic heterocycles. The molecule has 0 saturated heterocycles. The van der Waals surface area contributed by atoms with Crippen LogP contribution in [-0.4, -0.2) is 103 Å². The lowest BCUT2D eigenvalue weighted by molar-refractivity contribution is -0.132. The van der Waals surface area contributed by atoms with E-state index in [9.17, 15) is 66.0 Å². The van der Waals surface area contributed by atoms with Crippen molar-refractivity contribution in [2.24, 2.45) is 0 Å². The maximum absolute atomic E-state index is 13.2. The molecule has 0 saturated carbocycles. The lowest BCUT2D eigenvalue weighted by Gasteiger charge is -2.24. The number of carboxylic acids is 1. The molecular weight excluding hydrogens is 1290 g/mol. The van der Waals surface area contributed by atoms with Gasteiger partial charge < -0.3 is 14.6 Å². The van der Waals surface area contributed by atoms with Crippen LogP contribution in [0.1, 0.15) is 43.9 Å². The van der Waals surface area contributed by atoms with Gasteiger partial charge in [0.15, 0.2) is 0 Å². The van der Waals surface area contributed by atoms with E-state index in [-0.39, 0.29) is 51.4 Å². The van der Waals surface area contributed by atoms with Crippen LogP contribution < -0.4 is 13.3 Å². The van der Waals surface area contributed by atoms with Gasteiger partial charge in [-0.25, -0.2) is 54.6 Å². The van der Waals surface area contributed by atoms with Crippen molar-refractivity contribution in [2.45, 2.75) is 39.9 Å². The summed E-state index contributed by atoms with van der Waals surface area (Å²) in [7, 11) is -10.3. The van der Waals surface area contributed by atoms with Crippen molar-refractivity contribution in [1.82, 2.24) is 15.0 Å². The van der Waals surface area contributed by atoms with Gasteiger partial charge in [0, 0.05) is 47.8 Å². The molecule has 0 aliphatic rings. The summed E-state index contributed by atoms with van der Waals surface area (Å²) >= 11 is 21.7. The number of carboxylic acid groups (broad SMARTS) is 1. The van der Waals surface area contributed by atoms with Crippen LogP contribution in [0.4, 0.5) is 41.3 Å². The van der Waals surface area contributed by atoms with Gasteiger partial charge in [-0.15, -0.1) is 0 Å². The molecule has 438 valence electrons. The molecule has 0 spiro atoms. The van der Waals surface area contributed by atoms with Crippen LogP contribution in [0, 0.1) is 0 Å². The minimum atomic E-state index is -4.59. The number of aromatic nitrogens is 3. The van der Waals surface area contributed by atoms with Crippen molar-refractivity contribution in [3.63, 3.8) is 0 Å². The summed E-state index contributed by atoms with van der Waals surface area (Å²) in [5, 5.41) is 10.9. The Morgan fingerprint density at radius 1 is 0.530 bits per heavy atom. The van der Waals surface area contributed by atoms with Gasteiger partial charge in [-0.2, -0.15) is 26.3 Å². The Kier molecular flexibility index (Phi) is 19.9. The van der Waals surface area contributed by atoms with Crippen molar-refractivity contribution < 1.29 is 80.6 Å². The van der Waals surface area contributed by atoms with Crippen molar-refractivity contribution in [1.29, 1.82) is 0 Å². The third-order valence-corrected chi connectivity index (χ3v) is 21.3. The maximum atomic E-state index is 13.2. The molecule has 0 aliphatic heterocycles. The molecule has 18 nitrogen and oxygen atoms in total. The van der Waals surface area contributed by atoms with Crippen molar-refractivity contribution in [3.05, 3.63) is 160 Å². The van der Waals surface area contributed by atoms with Crippen LogP contribution in [0.3, 0.4) is 0 Å². The molecule has 3 aromatic carbocycles. The Morgan fingerprint density at radius 2 is 0.867 bits per heavy atom. The molecule has 0 aliphatic carbocycles. The van der Waals surface area contributed by atoms with E-state index in [0.29, 0.717) is 49.3 Å². The third-order valence-electron chi connectivity index (χ3n) is 11.2. The quantitative estimate of drug-likeness (QED) is 0.0674. The number of anilines is 3. The van der Waals surface area contributed by atoms with Crippen LogP contribution in [0.15, 0.2) is 142 Å². The molecule has 33 heteroatoms. The standard InChI is InChI=1S/C18H14ClF3N2O4S2.C17H12ClF3N2O4S2.C15H11ClN2O4S2/c1-28-17(25)11-4-6-12(7-5-11)30(26,27)24(10-8-18(20,21)22)16-14(19)13-3-2-9-23-15(13)29-16;18-13-12-2-1-8-22-14(12)28-15(13)23(9-7-17(19,20)21)29(26,27)11-5-3-10(4-6-11)16(24)25;1-22-15(19)9-4-6-10(7-5-9)24(20,21)18-14-12(16)11-3-2-8-17-13(11)23-14/h2-7,9H,8,10H2,1H3;1-6,8H,7,9H2,(H,24,25);2-8,18H,1H3. The Morgan fingerprint density at radius 3 is 1.19 bits per heavy atom. The smallest absolute Gasteiger partial charge is 0.390 e. The second-order valence-corrected chi connectivity index (χ2v) is 26.1. The highest BCUT2D eigenvalue weighted by Crippen LogP contribution is 2.45. The number of ether oxygens (including phenoxy) is 2. The van der Waals surface area contributed by atoms with E-state index in [1.54, 1.807) is 42.6 Å². The largest absolute Gasteiger partial charge is 0.478 e. The minimum absolute atomic E-state index is 0.0000282. The van der Waals surface area contributed by atoms with Gasteiger partial charge in [0.25, 0.3) is 30.1 Å². The summed E-state index contributed by atoms with van der Waals surface area (Å²) in [6, 6.07) is 24.1. The van der Waals surface area contributed by atoms with Crippen LogP contribution in [0.5, 0.6) is 0 Å². The summed E-state index contributed by atoms with van der Waals surface area (Å²) in [5.74, 6) is -2.47. The Hall–Kier alpha value is -6.90. The number of sulfonamides is 3. The zero-order valence-corrected chi connectivity index (χ0v) is 49.1. The molecule has 9 rings (SSSR count). The number of nitrogens with one attached hydrogen (secondary N) is 1. The molecule has 0 bridgehead atoms. The van der Waals surface area contributed by atoms with Gasteiger partial charge in [-0.1, -0.05) is 68.8 Å². The molecule has 2 N–H and O–H groups in total. The molecule has 83 heavy (non-hydrogen) atoms.